The third kappa shape index (κ3) is 3.95. The lowest BCUT2D eigenvalue weighted by atomic mass is 9.78. The first-order chi connectivity index (χ1) is 15.1. The van der Waals surface area contributed by atoms with Gasteiger partial charge in [0.25, 0.3) is 0 Å². The van der Waals surface area contributed by atoms with E-state index in [4.69, 9.17) is 4.74 Å². The molecular formula is C22H23FN6O2. The molecule has 1 N–H and O–H groups in total. The predicted octanol–water partition coefficient (Wildman–Crippen LogP) is 3.80. The number of amides is 1. The van der Waals surface area contributed by atoms with Crippen LogP contribution in [-0.2, 0) is 4.74 Å². The number of carbonyl (C=O) groups excluding carboxylic acids is 1. The third-order valence-electron chi connectivity index (χ3n) is 6.04. The summed E-state index contributed by atoms with van der Waals surface area (Å²) in [4.78, 5) is 22.2. The number of halogens is 1. The van der Waals surface area contributed by atoms with E-state index in [1.165, 1.54) is 15.6 Å². The van der Waals surface area contributed by atoms with Gasteiger partial charge in [-0.1, -0.05) is 12.1 Å². The van der Waals surface area contributed by atoms with Crippen molar-refractivity contribution in [3.8, 4) is 5.69 Å². The summed E-state index contributed by atoms with van der Waals surface area (Å²) in [5.41, 5.74) is -0.0377. The standard InChI is InChI=1S/C22H23FN6O2/c23-17-4-1-2-5-18(17)29-13-8-19(27-29)26-14-16-6-9-22(10-7-16)15-28(21(30)31-22)20-24-11-3-12-25-20/h1-5,8,11-13,16H,6-7,9-10,14-15H2,(H,26,27). The van der Waals surface area contributed by atoms with Crippen LogP contribution >= 0.6 is 0 Å². The van der Waals surface area contributed by atoms with Gasteiger partial charge in [-0.15, -0.1) is 0 Å². The maximum Gasteiger partial charge on any atom is 0.417 e. The highest BCUT2D eigenvalue weighted by molar-refractivity contribution is 5.88. The largest absolute Gasteiger partial charge is 0.441 e. The quantitative estimate of drug-likeness (QED) is 0.673. The molecule has 0 bridgehead atoms. The third-order valence-corrected chi connectivity index (χ3v) is 6.04. The number of nitrogens with zero attached hydrogens (tertiary/aromatic N) is 5. The molecule has 3 aromatic rings. The van der Waals surface area contributed by atoms with E-state index in [-0.39, 0.29) is 11.9 Å². The van der Waals surface area contributed by atoms with E-state index in [2.05, 4.69) is 20.4 Å². The van der Waals surface area contributed by atoms with Gasteiger partial charge in [0, 0.05) is 31.2 Å². The smallest absolute Gasteiger partial charge is 0.417 e. The van der Waals surface area contributed by atoms with Crippen LogP contribution in [0.5, 0.6) is 0 Å². The normalized spacial score (nSPS) is 23.2. The van der Waals surface area contributed by atoms with Crippen molar-refractivity contribution in [2.45, 2.75) is 31.3 Å². The highest BCUT2D eigenvalue weighted by Gasteiger charge is 2.48. The molecule has 1 spiro atoms. The number of anilines is 2. The Hall–Kier alpha value is -3.49. The molecule has 5 rings (SSSR count). The molecule has 1 amide bonds. The summed E-state index contributed by atoms with van der Waals surface area (Å²) in [6, 6.07) is 10.1. The summed E-state index contributed by atoms with van der Waals surface area (Å²) in [5, 5.41) is 7.78. The Morgan fingerprint density at radius 1 is 1.13 bits per heavy atom. The van der Waals surface area contributed by atoms with Crippen LogP contribution in [0, 0.1) is 11.7 Å². The molecule has 1 aliphatic heterocycles. The second-order valence-electron chi connectivity index (χ2n) is 8.11. The van der Waals surface area contributed by atoms with Crippen LogP contribution in [0.15, 0.2) is 55.0 Å². The summed E-state index contributed by atoms with van der Waals surface area (Å²) >= 11 is 0. The summed E-state index contributed by atoms with van der Waals surface area (Å²) in [5.74, 6) is 1.24. The van der Waals surface area contributed by atoms with E-state index >= 15 is 0 Å². The Morgan fingerprint density at radius 2 is 1.90 bits per heavy atom. The number of para-hydroxylation sites is 1. The van der Waals surface area contributed by atoms with Crippen LogP contribution in [0.1, 0.15) is 25.7 Å². The van der Waals surface area contributed by atoms with Crippen LogP contribution < -0.4 is 10.2 Å². The van der Waals surface area contributed by atoms with Crippen molar-refractivity contribution in [3.63, 3.8) is 0 Å². The molecule has 2 fully saturated rings. The van der Waals surface area contributed by atoms with Crippen LogP contribution in [0.3, 0.4) is 0 Å². The van der Waals surface area contributed by atoms with E-state index in [0.29, 0.717) is 29.9 Å². The molecule has 1 aliphatic carbocycles. The molecule has 1 saturated heterocycles. The van der Waals surface area contributed by atoms with E-state index < -0.39 is 5.60 Å². The van der Waals surface area contributed by atoms with Gasteiger partial charge >= 0.3 is 6.09 Å². The van der Waals surface area contributed by atoms with Crippen molar-refractivity contribution < 1.29 is 13.9 Å². The fourth-order valence-corrected chi connectivity index (χ4v) is 4.32. The molecule has 160 valence electrons. The zero-order chi connectivity index (χ0) is 21.3. The SMILES string of the molecule is O=C1OC2(CCC(CNc3ccn(-c4ccccc4F)n3)CC2)CN1c1ncccn1. The molecule has 1 saturated carbocycles. The van der Waals surface area contributed by atoms with Gasteiger partial charge in [-0.2, -0.15) is 5.10 Å². The molecule has 8 nitrogen and oxygen atoms in total. The first-order valence-electron chi connectivity index (χ1n) is 10.4. The Labute approximate surface area is 179 Å². The Bertz CT molecular complexity index is 1060. The molecule has 0 radical (unpaired) electrons. The molecular weight excluding hydrogens is 399 g/mol. The summed E-state index contributed by atoms with van der Waals surface area (Å²) in [6.45, 7) is 1.26. The molecule has 2 aliphatic rings. The van der Waals surface area contributed by atoms with Crippen LogP contribution in [0.25, 0.3) is 5.69 Å². The van der Waals surface area contributed by atoms with Crippen molar-refractivity contribution >= 4 is 17.9 Å². The van der Waals surface area contributed by atoms with Crippen LogP contribution in [-0.4, -0.2) is 44.5 Å². The number of hydrogen-bond acceptors (Lipinski definition) is 6. The Morgan fingerprint density at radius 3 is 2.68 bits per heavy atom. The monoisotopic (exact) mass is 422 g/mol. The molecule has 2 aromatic heterocycles. The van der Waals surface area contributed by atoms with Crippen LogP contribution in [0.4, 0.5) is 21.0 Å². The average Bonchev–Trinajstić information content (AvgIpc) is 3.39. The van der Waals surface area contributed by atoms with Gasteiger partial charge in [-0.3, -0.25) is 0 Å². The second-order valence-corrected chi connectivity index (χ2v) is 8.11. The van der Waals surface area contributed by atoms with Crippen molar-refractivity contribution in [1.82, 2.24) is 19.7 Å². The topological polar surface area (TPSA) is 85.2 Å². The summed E-state index contributed by atoms with van der Waals surface area (Å²) < 4.78 is 21.2. The van der Waals surface area contributed by atoms with E-state index in [0.717, 1.165) is 32.2 Å². The zero-order valence-electron chi connectivity index (χ0n) is 16.9. The van der Waals surface area contributed by atoms with Gasteiger partial charge in [-0.05, 0) is 49.8 Å². The van der Waals surface area contributed by atoms with E-state index in [1.54, 1.807) is 42.9 Å². The van der Waals surface area contributed by atoms with Gasteiger partial charge in [-0.25, -0.2) is 28.7 Å². The number of nitrogens with one attached hydrogen (secondary N) is 1. The minimum Gasteiger partial charge on any atom is -0.441 e. The lowest BCUT2D eigenvalue weighted by Gasteiger charge is -2.35. The lowest BCUT2D eigenvalue weighted by Crippen LogP contribution is -2.40. The predicted molar refractivity (Wildman–Crippen MR) is 113 cm³/mol. The minimum absolute atomic E-state index is 0.309. The van der Waals surface area contributed by atoms with Crippen molar-refractivity contribution in [3.05, 3.63) is 60.8 Å². The molecule has 0 unspecified atom stereocenters. The summed E-state index contributed by atoms with van der Waals surface area (Å²) in [6.07, 6.45) is 8.11. The minimum atomic E-state index is -0.459. The fourth-order valence-electron chi connectivity index (χ4n) is 4.32. The lowest BCUT2D eigenvalue weighted by molar-refractivity contribution is 0.0148. The number of hydrogen-bond donors (Lipinski definition) is 1. The highest BCUT2D eigenvalue weighted by atomic mass is 19.1. The maximum absolute atomic E-state index is 13.9. The second kappa shape index (κ2) is 7.98. The van der Waals surface area contributed by atoms with Gasteiger partial charge in [0.2, 0.25) is 5.95 Å². The molecule has 0 atom stereocenters. The first kappa shape index (κ1) is 19.5. The Balaban J connectivity index is 1.15. The number of carbonyl (C=O) groups is 1. The van der Waals surface area contributed by atoms with E-state index in [9.17, 15) is 9.18 Å². The maximum atomic E-state index is 13.9. The zero-order valence-corrected chi connectivity index (χ0v) is 16.9. The van der Waals surface area contributed by atoms with Crippen molar-refractivity contribution in [1.29, 1.82) is 0 Å². The number of aromatic nitrogens is 4. The summed E-state index contributed by atoms with van der Waals surface area (Å²) in [7, 11) is 0. The molecule has 1 aromatic carbocycles. The number of rotatable bonds is 5. The molecule has 3 heterocycles. The van der Waals surface area contributed by atoms with Gasteiger partial charge < -0.3 is 10.1 Å². The van der Waals surface area contributed by atoms with Crippen LogP contribution in [0.2, 0.25) is 0 Å². The number of ether oxygens (including phenoxy) is 1. The highest BCUT2D eigenvalue weighted by Crippen LogP contribution is 2.40. The van der Waals surface area contributed by atoms with Gasteiger partial charge in [0.15, 0.2) is 0 Å². The number of benzene rings is 1. The fraction of sp³-hybridized carbons (Fsp3) is 0.364. The van der Waals surface area contributed by atoms with E-state index in [1.807, 2.05) is 6.07 Å². The Kier molecular flexibility index (Phi) is 5.01. The first-order valence-corrected chi connectivity index (χ1v) is 10.4. The molecule has 9 heteroatoms. The van der Waals surface area contributed by atoms with Crippen molar-refractivity contribution in [2.24, 2.45) is 5.92 Å². The average molecular weight is 422 g/mol. The van der Waals surface area contributed by atoms with Crippen molar-refractivity contribution in [2.75, 3.05) is 23.3 Å². The molecule has 31 heavy (non-hydrogen) atoms. The van der Waals surface area contributed by atoms with Gasteiger partial charge in [0.05, 0.1) is 6.54 Å². The van der Waals surface area contributed by atoms with Gasteiger partial charge in [0.1, 0.15) is 22.9 Å².